The number of likely N-dealkylation sites (N-methyl/N-ethyl adjacent to an activating group) is 1. The molecular weight excluding hydrogens is 234 g/mol. The van der Waals surface area contributed by atoms with Crippen molar-refractivity contribution in [2.45, 2.75) is 31.7 Å². The van der Waals surface area contributed by atoms with E-state index in [9.17, 15) is 9.59 Å². The lowest BCUT2D eigenvalue weighted by molar-refractivity contribution is -0.144. The summed E-state index contributed by atoms with van der Waals surface area (Å²) in [6, 6.07) is -0.359. The molecule has 1 N–H and O–H groups in total. The van der Waals surface area contributed by atoms with Crippen molar-refractivity contribution in [1.29, 1.82) is 0 Å². The molecule has 0 spiro atoms. The molecule has 5 heteroatoms. The van der Waals surface area contributed by atoms with Crippen LogP contribution in [0.25, 0.3) is 0 Å². The van der Waals surface area contributed by atoms with E-state index >= 15 is 0 Å². The van der Waals surface area contributed by atoms with Gasteiger partial charge in [-0.15, -0.1) is 12.3 Å². The Morgan fingerprint density at radius 3 is 2.78 bits per heavy atom. The minimum absolute atomic E-state index is 0.0474. The molecule has 0 radical (unpaired) electrons. The van der Waals surface area contributed by atoms with E-state index in [1.54, 1.807) is 7.05 Å². The normalized spacial score (nSPS) is 22.4. The Balaban J connectivity index is 2.43. The number of rotatable bonds is 6. The number of hydrogen-bond donors (Lipinski definition) is 1. The van der Waals surface area contributed by atoms with Crippen molar-refractivity contribution in [3.8, 4) is 12.3 Å². The molecular formula is C13H19NO4. The number of amides is 1. The van der Waals surface area contributed by atoms with Crippen LogP contribution in [0.15, 0.2) is 0 Å². The first-order valence-electron chi connectivity index (χ1n) is 6.07. The molecule has 0 aliphatic carbocycles. The zero-order chi connectivity index (χ0) is 13.5. The van der Waals surface area contributed by atoms with E-state index < -0.39 is 11.9 Å². The molecule has 2 atom stereocenters. The van der Waals surface area contributed by atoms with Gasteiger partial charge in [-0.1, -0.05) is 0 Å². The van der Waals surface area contributed by atoms with Crippen LogP contribution < -0.4 is 0 Å². The van der Waals surface area contributed by atoms with Crippen LogP contribution in [0.1, 0.15) is 25.7 Å². The van der Waals surface area contributed by atoms with Gasteiger partial charge in [0, 0.05) is 19.9 Å². The van der Waals surface area contributed by atoms with Crippen molar-refractivity contribution in [2.75, 3.05) is 20.3 Å². The summed E-state index contributed by atoms with van der Waals surface area (Å²) >= 11 is 0. The van der Waals surface area contributed by atoms with E-state index in [1.807, 2.05) is 0 Å². The Hall–Kier alpha value is -1.54. The van der Waals surface area contributed by atoms with E-state index in [4.69, 9.17) is 16.3 Å². The van der Waals surface area contributed by atoms with Crippen LogP contribution >= 0.6 is 0 Å². The average molecular weight is 253 g/mol. The maximum atomic E-state index is 11.9. The smallest absolute Gasteiger partial charge is 0.311 e. The number of terminal acetylenes is 1. The van der Waals surface area contributed by atoms with Gasteiger partial charge in [-0.2, -0.15) is 0 Å². The van der Waals surface area contributed by atoms with Crippen molar-refractivity contribution in [2.24, 2.45) is 5.92 Å². The number of carbonyl (C=O) groups excluding carboxylic acids is 1. The summed E-state index contributed by atoms with van der Waals surface area (Å²) in [4.78, 5) is 24.4. The zero-order valence-electron chi connectivity index (χ0n) is 10.6. The zero-order valence-corrected chi connectivity index (χ0v) is 10.6. The van der Waals surface area contributed by atoms with Crippen LogP contribution in [0.2, 0.25) is 0 Å². The highest BCUT2D eigenvalue weighted by atomic mass is 16.5. The molecule has 2 unspecified atom stereocenters. The molecule has 1 fully saturated rings. The van der Waals surface area contributed by atoms with Crippen molar-refractivity contribution < 1.29 is 19.4 Å². The van der Waals surface area contributed by atoms with Gasteiger partial charge in [0.15, 0.2) is 0 Å². The van der Waals surface area contributed by atoms with Crippen molar-refractivity contribution in [3.63, 3.8) is 0 Å². The Bertz CT molecular complexity index is 347. The number of carboxylic acid groups (broad SMARTS) is 1. The summed E-state index contributed by atoms with van der Waals surface area (Å²) in [5, 5.41) is 9.02. The molecule has 0 saturated carbocycles. The van der Waals surface area contributed by atoms with Gasteiger partial charge in [0.25, 0.3) is 0 Å². The standard InChI is InChI=1S/C13H19NO4/c1-3-4-5-6-7-12(15)14(2)11-9-18-8-10(11)13(16)17/h1,10-11H,4-9H2,2H3,(H,16,17). The van der Waals surface area contributed by atoms with Gasteiger partial charge in [-0.05, 0) is 12.8 Å². The first-order valence-corrected chi connectivity index (χ1v) is 6.07. The number of carbonyl (C=O) groups is 2. The number of unbranched alkanes of at least 4 members (excludes halogenated alkanes) is 2. The molecule has 1 amide bonds. The largest absolute Gasteiger partial charge is 0.481 e. The van der Waals surface area contributed by atoms with Crippen LogP contribution in [0.3, 0.4) is 0 Å². The fourth-order valence-electron chi connectivity index (χ4n) is 2.03. The molecule has 1 heterocycles. The van der Waals surface area contributed by atoms with Crippen LogP contribution in [-0.4, -0.2) is 48.2 Å². The lowest BCUT2D eigenvalue weighted by atomic mass is 10.0. The highest BCUT2D eigenvalue weighted by Gasteiger charge is 2.38. The molecule has 0 bridgehead atoms. The number of nitrogens with zero attached hydrogens (tertiary/aromatic N) is 1. The third-order valence-electron chi connectivity index (χ3n) is 3.22. The van der Waals surface area contributed by atoms with E-state index in [1.165, 1.54) is 4.90 Å². The molecule has 5 nitrogen and oxygen atoms in total. The van der Waals surface area contributed by atoms with Gasteiger partial charge in [0.1, 0.15) is 5.92 Å². The van der Waals surface area contributed by atoms with Gasteiger partial charge in [-0.3, -0.25) is 9.59 Å². The number of carboxylic acids is 1. The van der Waals surface area contributed by atoms with Crippen LogP contribution in [0, 0.1) is 18.3 Å². The van der Waals surface area contributed by atoms with Gasteiger partial charge in [-0.25, -0.2) is 0 Å². The van der Waals surface area contributed by atoms with Crippen molar-refractivity contribution in [1.82, 2.24) is 4.90 Å². The molecule has 18 heavy (non-hydrogen) atoms. The van der Waals surface area contributed by atoms with Crippen LogP contribution in [0.5, 0.6) is 0 Å². The fraction of sp³-hybridized carbons (Fsp3) is 0.692. The lowest BCUT2D eigenvalue weighted by Crippen LogP contribution is -2.44. The summed E-state index contributed by atoms with van der Waals surface area (Å²) in [7, 11) is 1.64. The molecule has 0 aromatic rings. The fourth-order valence-corrected chi connectivity index (χ4v) is 2.03. The maximum absolute atomic E-state index is 11.9. The molecule has 0 aromatic heterocycles. The monoisotopic (exact) mass is 253 g/mol. The molecule has 100 valence electrons. The Kier molecular flexibility index (Phi) is 5.66. The molecule has 0 aromatic carbocycles. The van der Waals surface area contributed by atoms with Crippen LogP contribution in [-0.2, 0) is 14.3 Å². The summed E-state index contributed by atoms with van der Waals surface area (Å²) in [6.45, 7) is 0.471. The molecule has 1 aliphatic heterocycles. The summed E-state index contributed by atoms with van der Waals surface area (Å²) in [6.07, 6.45) is 7.75. The summed E-state index contributed by atoms with van der Waals surface area (Å²) in [5.41, 5.74) is 0. The second-order valence-electron chi connectivity index (χ2n) is 4.47. The third-order valence-corrected chi connectivity index (χ3v) is 3.22. The minimum Gasteiger partial charge on any atom is -0.481 e. The van der Waals surface area contributed by atoms with Gasteiger partial charge >= 0.3 is 5.97 Å². The molecule has 1 rings (SSSR count). The highest BCUT2D eigenvalue weighted by molar-refractivity contribution is 5.78. The molecule has 1 aliphatic rings. The first-order chi connectivity index (χ1) is 8.57. The summed E-state index contributed by atoms with van der Waals surface area (Å²) in [5.74, 6) is 0.944. The maximum Gasteiger partial charge on any atom is 0.311 e. The number of hydrogen-bond acceptors (Lipinski definition) is 3. The Morgan fingerprint density at radius 2 is 2.17 bits per heavy atom. The second-order valence-corrected chi connectivity index (χ2v) is 4.47. The van der Waals surface area contributed by atoms with Gasteiger partial charge in [0.05, 0.1) is 19.3 Å². The van der Waals surface area contributed by atoms with E-state index in [0.29, 0.717) is 19.4 Å². The Morgan fingerprint density at radius 1 is 1.44 bits per heavy atom. The van der Waals surface area contributed by atoms with E-state index in [-0.39, 0.29) is 18.6 Å². The van der Waals surface area contributed by atoms with Crippen LogP contribution in [0.4, 0.5) is 0 Å². The van der Waals surface area contributed by atoms with Crippen molar-refractivity contribution in [3.05, 3.63) is 0 Å². The quantitative estimate of drug-likeness (QED) is 0.560. The molecule has 1 saturated heterocycles. The lowest BCUT2D eigenvalue weighted by Gasteiger charge is -2.26. The second kappa shape index (κ2) is 7.02. The average Bonchev–Trinajstić information content (AvgIpc) is 2.82. The summed E-state index contributed by atoms with van der Waals surface area (Å²) < 4.78 is 5.14. The van der Waals surface area contributed by atoms with E-state index in [0.717, 1.165) is 12.8 Å². The topological polar surface area (TPSA) is 66.8 Å². The predicted octanol–water partition coefficient (Wildman–Crippen LogP) is 0.738. The number of aliphatic carboxylic acids is 1. The highest BCUT2D eigenvalue weighted by Crippen LogP contribution is 2.20. The number of ether oxygens (including phenoxy) is 1. The van der Waals surface area contributed by atoms with Gasteiger partial charge in [0.2, 0.25) is 5.91 Å². The third kappa shape index (κ3) is 3.74. The van der Waals surface area contributed by atoms with Crippen molar-refractivity contribution >= 4 is 11.9 Å². The van der Waals surface area contributed by atoms with E-state index in [2.05, 4.69) is 5.92 Å². The SMILES string of the molecule is C#CCCCCC(=O)N(C)C1COCC1C(=O)O. The minimum atomic E-state index is -0.913. The first kappa shape index (κ1) is 14.5. The Labute approximate surface area is 107 Å². The van der Waals surface area contributed by atoms with Gasteiger partial charge < -0.3 is 14.7 Å². The predicted molar refractivity (Wildman–Crippen MR) is 65.8 cm³/mol.